The van der Waals surface area contributed by atoms with Crippen LogP contribution in [0.5, 0.6) is 0 Å². The third kappa shape index (κ3) is 5.14. The summed E-state index contributed by atoms with van der Waals surface area (Å²) in [6.07, 6.45) is 1.27. The summed E-state index contributed by atoms with van der Waals surface area (Å²) in [4.78, 5) is 20.7. The van der Waals surface area contributed by atoms with Crippen LogP contribution in [0, 0.1) is 23.0 Å². The normalized spacial score (nSPS) is 10.2. The van der Waals surface area contributed by atoms with E-state index in [1.54, 1.807) is 0 Å². The molecule has 0 aliphatic heterocycles. The van der Waals surface area contributed by atoms with E-state index in [9.17, 15) is 13.6 Å². The van der Waals surface area contributed by atoms with Crippen molar-refractivity contribution in [3.63, 3.8) is 0 Å². The van der Waals surface area contributed by atoms with Gasteiger partial charge in [-0.1, -0.05) is 35.8 Å². The highest BCUT2D eigenvalue weighted by Gasteiger charge is 2.16. The lowest BCUT2D eigenvalue weighted by Gasteiger charge is -2.11. The fraction of sp³-hybridized carbons (Fsp3) is 0.100. The van der Waals surface area contributed by atoms with Gasteiger partial charge in [-0.25, -0.2) is 18.7 Å². The summed E-state index contributed by atoms with van der Waals surface area (Å²) >= 11 is 0. The number of nitrogens with one attached hydrogen (secondary N) is 2. The van der Waals surface area contributed by atoms with Gasteiger partial charge in [0.25, 0.3) is 5.91 Å². The van der Waals surface area contributed by atoms with Crippen LogP contribution in [0.1, 0.15) is 27.3 Å². The fourth-order valence-electron chi connectivity index (χ4n) is 2.54. The number of carbonyl (C=O) groups is 1. The Bertz CT molecular complexity index is 1080. The number of carbonyl (C=O) groups excluding carboxylic acids is 1. The van der Waals surface area contributed by atoms with Crippen LogP contribution < -0.4 is 16.1 Å². The summed E-state index contributed by atoms with van der Waals surface area (Å²) in [5, 5.41) is 14.7. The number of anilines is 1. The highest BCUT2D eigenvalue weighted by atomic mass is 19.2. The van der Waals surface area contributed by atoms with Gasteiger partial charge >= 0.3 is 0 Å². The van der Waals surface area contributed by atoms with Gasteiger partial charge in [0.05, 0.1) is 6.20 Å². The Labute approximate surface area is 167 Å². The molecule has 1 heterocycles. The zero-order valence-corrected chi connectivity index (χ0v) is 15.5. The van der Waals surface area contributed by atoms with Gasteiger partial charge in [-0.3, -0.25) is 4.79 Å². The second-order valence-corrected chi connectivity index (χ2v) is 6.33. The quantitative estimate of drug-likeness (QED) is 0.621. The highest BCUT2D eigenvalue weighted by molar-refractivity contribution is 6.32. The van der Waals surface area contributed by atoms with Gasteiger partial charge in [-0.05, 0) is 23.3 Å². The molecule has 3 aromatic rings. The van der Waals surface area contributed by atoms with Gasteiger partial charge in [0.1, 0.15) is 13.9 Å². The molecular formula is C20H16BF2N5O. The minimum atomic E-state index is -0.997. The molecule has 0 radical (unpaired) electrons. The molecule has 0 saturated carbocycles. The van der Waals surface area contributed by atoms with Crippen LogP contribution in [-0.4, -0.2) is 23.7 Å². The predicted molar refractivity (Wildman–Crippen MR) is 106 cm³/mol. The van der Waals surface area contributed by atoms with Crippen molar-refractivity contribution in [2.45, 2.75) is 13.1 Å². The third-order valence-corrected chi connectivity index (χ3v) is 4.12. The van der Waals surface area contributed by atoms with E-state index in [0.29, 0.717) is 12.1 Å². The summed E-state index contributed by atoms with van der Waals surface area (Å²) in [6, 6.07) is 13.0. The van der Waals surface area contributed by atoms with Gasteiger partial charge < -0.3 is 10.6 Å². The number of halogens is 2. The van der Waals surface area contributed by atoms with Crippen molar-refractivity contribution in [3.8, 4) is 6.07 Å². The largest absolute Gasteiger partial charge is 0.364 e. The van der Waals surface area contributed by atoms with Gasteiger partial charge in [0.2, 0.25) is 0 Å². The first-order valence-electron chi connectivity index (χ1n) is 8.75. The molecule has 2 N–H and O–H groups in total. The van der Waals surface area contributed by atoms with Crippen molar-refractivity contribution in [2.75, 3.05) is 5.32 Å². The monoisotopic (exact) mass is 391 g/mol. The maximum atomic E-state index is 13.3. The molecule has 1 aromatic heterocycles. The fourth-order valence-corrected chi connectivity index (χ4v) is 2.54. The van der Waals surface area contributed by atoms with E-state index in [-0.39, 0.29) is 23.8 Å². The zero-order valence-electron chi connectivity index (χ0n) is 15.5. The second kappa shape index (κ2) is 8.93. The molecule has 9 heteroatoms. The number of rotatable bonds is 6. The summed E-state index contributed by atoms with van der Waals surface area (Å²) in [6.45, 7) is 0.371. The van der Waals surface area contributed by atoms with Crippen molar-refractivity contribution in [1.29, 1.82) is 5.26 Å². The Morgan fingerprint density at radius 2 is 1.79 bits per heavy atom. The van der Waals surface area contributed by atoms with Crippen molar-refractivity contribution >= 4 is 25.0 Å². The van der Waals surface area contributed by atoms with Gasteiger partial charge in [-0.15, -0.1) is 0 Å². The van der Waals surface area contributed by atoms with Crippen LogP contribution in [0.15, 0.2) is 48.7 Å². The first-order valence-corrected chi connectivity index (χ1v) is 8.75. The van der Waals surface area contributed by atoms with Crippen molar-refractivity contribution in [1.82, 2.24) is 15.3 Å². The molecule has 6 nitrogen and oxygen atoms in total. The SMILES string of the molecule is Bc1ccc(CNc2ncc(C#N)nc2C(=O)NCc2ccc(F)c(F)c2)cc1. The van der Waals surface area contributed by atoms with Crippen LogP contribution >= 0.6 is 0 Å². The topological polar surface area (TPSA) is 90.7 Å². The van der Waals surface area contributed by atoms with Gasteiger partial charge in [0.15, 0.2) is 28.8 Å². The predicted octanol–water partition coefficient (Wildman–Crippen LogP) is 1.43. The first kappa shape index (κ1) is 20.0. The van der Waals surface area contributed by atoms with Crippen LogP contribution in [0.3, 0.4) is 0 Å². The smallest absolute Gasteiger partial charge is 0.274 e. The minimum absolute atomic E-state index is 0.0103. The van der Waals surface area contributed by atoms with E-state index < -0.39 is 17.5 Å². The molecule has 144 valence electrons. The van der Waals surface area contributed by atoms with Crippen LogP contribution in [0.4, 0.5) is 14.6 Å². The maximum absolute atomic E-state index is 13.3. The lowest BCUT2D eigenvalue weighted by molar-refractivity contribution is 0.0946. The lowest BCUT2D eigenvalue weighted by Crippen LogP contribution is -2.26. The molecule has 2 aromatic carbocycles. The number of hydrogen-bond donors (Lipinski definition) is 2. The van der Waals surface area contributed by atoms with E-state index in [1.807, 2.05) is 38.2 Å². The molecule has 0 aliphatic rings. The van der Waals surface area contributed by atoms with Crippen LogP contribution in [0.2, 0.25) is 0 Å². The van der Waals surface area contributed by atoms with Gasteiger partial charge in [-0.2, -0.15) is 5.26 Å². The second-order valence-electron chi connectivity index (χ2n) is 6.33. The molecule has 0 unspecified atom stereocenters. The average Bonchev–Trinajstić information content (AvgIpc) is 2.74. The Hall–Kier alpha value is -3.80. The summed E-state index contributed by atoms with van der Waals surface area (Å²) in [5.41, 5.74) is 2.43. The van der Waals surface area contributed by atoms with Crippen molar-refractivity contribution < 1.29 is 13.6 Å². The van der Waals surface area contributed by atoms with Crippen molar-refractivity contribution in [3.05, 3.63) is 82.8 Å². The maximum Gasteiger partial charge on any atom is 0.274 e. The zero-order chi connectivity index (χ0) is 20.8. The third-order valence-electron chi connectivity index (χ3n) is 4.12. The Morgan fingerprint density at radius 1 is 1.07 bits per heavy atom. The number of hydrogen-bond acceptors (Lipinski definition) is 5. The number of nitriles is 1. The number of nitrogens with zero attached hydrogens (tertiary/aromatic N) is 3. The molecule has 3 rings (SSSR count). The Morgan fingerprint density at radius 3 is 2.48 bits per heavy atom. The van der Waals surface area contributed by atoms with Crippen LogP contribution in [0.25, 0.3) is 0 Å². The standard InChI is InChI=1S/C20H16BF2N5O/c21-14-4-1-12(2-5-14)9-25-19-18(28-15(8-24)11-26-19)20(29)27-10-13-3-6-16(22)17(23)7-13/h1-7,11H,9-10,21H2,(H,25,26)(H,27,29). The molecule has 1 amide bonds. The first-order chi connectivity index (χ1) is 14.0. The Balaban J connectivity index is 1.75. The van der Waals surface area contributed by atoms with Crippen molar-refractivity contribution in [2.24, 2.45) is 0 Å². The number of benzene rings is 2. The molecule has 0 saturated heterocycles. The summed E-state index contributed by atoms with van der Waals surface area (Å²) < 4.78 is 26.3. The Kier molecular flexibility index (Phi) is 6.14. The van der Waals surface area contributed by atoms with Crippen LogP contribution in [-0.2, 0) is 13.1 Å². The molecular weight excluding hydrogens is 375 g/mol. The molecule has 29 heavy (non-hydrogen) atoms. The average molecular weight is 391 g/mol. The highest BCUT2D eigenvalue weighted by Crippen LogP contribution is 2.13. The van der Waals surface area contributed by atoms with E-state index in [4.69, 9.17) is 5.26 Å². The van der Waals surface area contributed by atoms with E-state index in [0.717, 1.165) is 23.2 Å². The lowest BCUT2D eigenvalue weighted by atomic mass is 9.95. The molecule has 0 atom stereocenters. The van der Waals surface area contributed by atoms with E-state index in [2.05, 4.69) is 20.6 Å². The summed E-state index contributed by atoms with van der Waals surface area (Å²) in [7, 11) is 1.98. The molecule has 0 spiro atoms. The number of aromatic nitrogens is 2. The summed E-state index contributed by atoms with van der Waals surface area (Å²) in [5.74, 6) is -2.34. The molecule has 0 bridgehead atoms. The van der Waals surface area contributed by atoms with Gasteiger partial charge in [0, 0.05) is 13.1 Å². The number of amides is 1. The minimum Gasteiger partial charge on any atom is -0.364 e. The molecule has 0 fully saturated rings. The molecule has 0 aliphatic carbocycles. The van der Waals surface area contributed by atoms with E-state index in [1.165, 1.54) is 12.3 Å². The van der Waals surface area contributed by atoms with E-state index >= 15 is 0 Å².